The normalized spacial score (nSPS) is 14.1. The van der Waals surface area contributed by atoms with Gasteiger partial charge in [0.15, 0.2) is 6.29 Å². The molecule has 1 aliphatic rings. The van der Waals surface area contributed by atoms with E-state index >= 15 is 0 Å². The molecular weight excluding hydrogens is 490 g/mol. The predicted octanol–water partition coefficient (Wildman–Crippen LogP) is 4.46. The number of aryl methyl sites for hydroxylation is 1. The smallest absolute Gasteiger partial charge is 0.410 e. The van der Waals surface area contributed by atoms with Gasteiger partial charge in [0.2, 0.25) is 0 Å². The number of ether oxygens (including phenoxy) is 1. The largest absolute Gasteiger partial charge is 0.445 e. The van der Waals surface area contributed by atoms with Gasteiger partial charge < -0.3 is 14.5 Å². The van der Waals surface area contributed by atoms with Gasteiger partial charge in [-0.05, 0) is 42.8 Å². The third kappa shape index (κ3) is 4.82. The van der Waals surface area contributed by atoms with Gasteiger partial charge in [0.25, 0.3) is 10.0 Å². The maximum absolute atomic E-state index is 13.4. The van der Waals surface area contributed by atoms with Gasteiger partial charge in [-0.1, -0.05) is 48.0 Å². The van der Waals surface area contributed by atoms with E-state index < -0.39 is 10.0 Å². The molecule has 0 aliphatic carbocycles. The maximum Gasteiger partial charge on any atom is 0.410 e. The summed E-state index contributed by atoms with van der Waals surface area (Å²) in [6.07, 6.45) is 1.92. The quantitative estimate of drug-likeness (QED) is 0.351. The number of piperazine rings is 1. The zero-order chi connectivity index (χ0) is 26.0. The van der Waals surface area contributed by atoms with Crippen LogP contribution in [0.4, 0.5) is 10.5 Å². The number of aromatic nitrogens is 1. The van der Waals surface area contributed by atoms with Gasteiger partial charge in [-0.2, -0.15) is 0 Å². The number of aldehydes is 1. The van der Waals surface area contributed by atoms with Crippen LogP contribution in [0.1, 0.15) is 21.5 Å². The standard InChI is InChI=1S/C28H27N3O5S/c1-21-7-10-24(11-8-21)37(34,35)31-14-13-25-26(31)12-9-23(19-32)27(25)29-15-17-30(18-16-29)28(33)36-20-22-5-3-2-4-6-22/h2-14,19H,15-18,20H2,1H3. The Balaban J connectivity index is 1.37. The summed E-state index contributed by atoms with van der Waals surface area (Å²) in [5.41, 5.74) is 3.52. The van der Waals surface area contributed by atoms with E-state index in [4.69, 9.17) is 4.74 Å². The maximum atomic E-state index is 13.4. The zero-order valence-electron chi connectivity index (χ0n) is 20.4. The predicted molar refractivity (Wildman–Crippen MR) is 142 cm³/mol. The molecule has 1 amide bonds. The van der Waals surface area contributed by atoms with E-state index in [1.165, 1.54) is 10.2 Å². The van der Waals surface area contributed by atoms with E-state index in [-0.39, 0.29) is 17.6 Å². The van der Waals surface area contributed by atoms with Crippen LogP contribution in [-0.4, -0.2) is 55.8 Å². The van der Waals surface area contributed by atoms with Crippen LogP contribution in [0, 0.1) is 6.92 Å². The van der Waals surface area contributed by atoms with Crippen molar-refractivity contribution >= 4 is 39.0 Å². The number of fused-ring (bicyclic) bond motifs is 1. The van der Waals surface area contributed by atoms with E-state index in [0.29, 0.717) is 48.3 Å². The Morgan fingerprint density at radius 2 is 1.62 bits per heavy atom. The van der Waals surface area contributed by atoms with Gasteiger partial charge in [0.1, 0.15) is 6.61 Å². The summed E-state index contributed by atoms with van der Waals surface area (Å²) in [6.45, 7) is 3.91. The Bertz CT molecular complexity index is 1540. The lowest BCUT2D eigenvalue weighted by Gasteiger charge is -2.36. The van der Waals surface area contributed by atoms with Gasteiger partial charge in [0.05, 0.1) is 16.1 Å². The highest BCUT2D eigenvalue weighted by Gasteiger charge is 2.27. The molecule has 5 rings (SSSR count). The van der Waals surface area contributed by atoms with Gasteiger partial charge in [-0.15, -0.1) is 0 Å². The molecule has 1 aromatic heterocycles. The average Bonchev–Trinajstić information content (AvgIpc) is 3.37. The molecule has 0 bridgehead atoms. The molecule has 0 atom stereocenters. The summed E-state index contributed by atoms with van der Waals surface area (Å²) in [6, 6.07) is 21.2. The van der Waals surface area contributed by atoms with Crippen LogP contribution in [0.5, 0.6) is 0 Å². The Morgan fingerprint density at radius 1 is 0.919 bits per heavy atom. The molecule has 8 nitrogen and oxygen atoms in total. The van der Waals surface area contributed by atoms with Crippen molar-refractivity contribution in [2.24, 2.45) is 0 Å². The fourth-order valence-corrected chi connectivity index (χ4v) is 5.94. The molecule has 9 heteroatoms. The van der Waals surface area contributed by atoms with Gasteiger partial charge in [-0.25, -0.2) is 17.2 Å². The number of hydrogen-bond acceptors (Lipinski definition) is 6. The molecular formula is C28H27N3O5S. The molecule has 0 N–H and O–H groups in total. The summed E-state index contributed by atoms with van der Waals surface area (Å²) in [5.74, 6) is 0. The fourth-order valence-electron chi connectivity index (χ4n) is 4.60. The Kier molecular flexibility index (Phi) is 6.71. The molecule has 0 spiro atoms. The minimum absolute atomic E-state index is 0.194. The first-order chi connectivity index (χ1) is 17.9. The van der Waals surface area contributed by atoms with Crippen molar-refractivity contribution in [1.82, 2.24) is 8.87 Å². The number of hydrogen-bond donors (Lipinski definition) is 0. The van der Waals surface area contributed by atoms with Crippen molar-refractivity contribution in [2.45, 2.75) is 18.4 Å². The zero-order valence-corrected chi connectivity index (χ0v) is 21.2. The van der Waals surface area contributed by atoms with Crippen molar-refractivity contribution in [1.29, 1.82) is 0 Å². The molecule has 4 aromatic rings. The number of carbonyl (C=O) groups excluding carboxylic acids is 2. The van der Waals surface area contributed by atoms with E-state index in [0.717, 1.165) is 17.4 Å². The number of nitrogens with zero attached hydrogens (tertiary/aromatic N) is 3. The lowest BCUT2D eigenvalue weighted by molar-refractivity contribution is 0.0941. The first-order valence-corrected chi connectivity index (χ1v) is 13.4. The summed E-state index contributed by atoms with van der Waals surface area (Å²) < 4.78 is 33.4. The minimum atomic E-state index is -3.81. The third-order valence-corrected chi connectivity index (χ3v) is 8.31. The second-order valence-electron chi connectivity index (χ2n) is 9.00. The lowest BCUT2D eigenvalue weighted by atomic mass is 10.1. The minimum Gasteiger partial charge on any atom is -0.445 e. The second-order valence-corrected chi connectivity index (χ2v) is 10.8. The molecule has 37 heavy (non-hydrogen) atoms. The number of amides is 1. The molecule has 0 saturated carbocycles. The van der Waals surface area contributed by atoms with Crippen molar-refractivity contribution in [2.75, 3.05) is 31.1 Å². The summed E-state index contributed by atoms with van der Waals surface area (Å²) in [7, 11) is -3.81. The van der Waals surface area contributed by atoms with Gasteiger partial charge in [0, 0.05) is 43.3 Å². The van der Waals surface area contributed by atoms with Crippen LogP contribution in [0.25, 0.3) is 10.9 Å². The summed E-state index contributed by atoms with van der Waals surface area (Å²) in [4.78, 5) is 28.4. The fraction of sp³-hybridized carbons (Fsp3) is 0.214. The molecule has 190 valence electrons. The van der Waals surface area contributed by atoms with Crippen LogP contribution < -0.4 is 4.90 Å². The Morgan fingerprint density at radius 3 is 2.30 bits per heavy atom. The van der Waals surface area contributed by atoms with Crippen molar-refractivity contribution in [3.05, 3.63) is 95.7 Å². The Hall–Kier alpha value is -4.11. The van der Waals surface area contributed by atoms with Crippen molar-refractivity contribution in [3.63, 3.8) is 0 Å². The molecule has 3 aromatic carbocycles. The number of rotatable bonds is 6. The number of benzene rings is 3. The van der Waals surface area contributed by atoms with E-state index in [2.05, 4.69) is 0 Å². The highest BCUT2D eigenvalue weighted by molar-refractivity contribution is 7.90. The van der Waals surface area contributed by atoms with Crippen LogP contribution >= 0.6 is 0 Å². The topological polar surface area (TPSA) is 88.9 Å². The monoisotopic (exact) mass is 517 g/mol. The van der Waals surface area contributed by atoms with E-state index in [1.54, 1.807) is 47.4 Å². The molecule has 0 radical (unpaired) electrons. The first kappa shape index (κ1) is 24.6. The summed E-state index contributed by atoms with van der Waals surface area (Å²) in [5, 5.41) is 0.667. The lowest BCUT2D eigenvalue weighted by Crippen LogP contribution is -2.49. The SMILES string of the molecule is Cc1ccc(S(=O)(=O)n2ccc3c(N4CCN(C(=O)OCc5ccccc5)CC4)c(C=O)ccc32)cc1. The van der Waals surface area contributed by atoms with Gasteiger partial charge in [-0.3, -0.25) is 4.79 Å². The second kappa shape index (κ2) is 10.1. The average molecular weight is 518 g/mol. The van der Waals surface area contributed by atoms with Crippen LogP contribution in [0.3, 0.4) is 0 Å². The molecule has 1 fully saturated rings. The van der Waals surface area contributed by atoms with Crippen molar-refractivity contribution in [3.8, 4) is 0 Å². The van der Waals surface area contributed by atoms with Crippen LogP contribution in [0.15, 0.2) is 83.9 Å². The molecule has 2 heterocycles. The van der Waals surface area contributed by atoms with Gasteiger partial charge >= 0.3 is 6.09 Å². The Labute approximate surface area is 215 Å². The molecule has 1 saturated heterocycles. The molecule has 1 aliphatic heterocycles. The van der Waals surface area contributed by atoms with E-state index in [1.807, 2.05) is 42.2 Å². The number of anilines is 1. The number of carbonyl (C=O) groups is 2. The first-order valence-electron chi connectivity index (χ1n) is 12.0. The molecule has 0 unspecified atom stereocenters. The third-order valence-electron chi connectivity index (χ3n) is 6.60. The highest BCUT2D eigenvalue weighted by Crippen LogP contribution is 2.33. The van der Waals surface area contributed by atoms with E-state index in [9.17, 15) is 18.0 Å². The summed E-state index contributed by atoms with van der Waals surface area (Å²) >= 11 is 0. The van der Waals surface area contributed by atoms with Crippen LogP contribution in [-0.2, 0) is 21.4 Å². The highest BCUT2D eigenvalue weighted by atomic mass is 32.2. The van der Waals surface area contributed by atoms with Crippen LogP contribution in [0.2, 0.25) is 0 Å². The van der Waals surface area contributed by atoms with Crippen molar-refractivity contribution < 1.29 is 22.7 Å².